The largest absolute Gasteiger partial charge is 0.478 e. The third-order valence-corrected chi connectivity index (χ3v) is 1.27. The van der Waals surface area contributed by atoms with Crippen LogP contribution in [0.5, 0.6) is 0 Å². The van der Waals surface area contributed by atoms with Gasteiger partial charge in [-0.3, -0.25) is 0 Å². The standard InChI is InChI=1S/C5H2F6O2/c6-4(7,8)3(5(9,10)11)12-1-2-13-3/h1-2H. The first kappa shape index (κ1) is 10.0. The van der Waals surface area contributed by atoms with E-state index in [1.807, 2.05) is 0 Å². The fraction of sp³-hybridized carbons (Fsp3) is 0.600. The molecule has 1 rings (SSSR count). The van der Waals surface area contributed by atoms with Gasteiger partial charge in [0.05, 0.1) is 0 Å². The summed E-state index contributed by atoms with van der Waals surface area (Å²) in [6.07, 6.45) is -11.0. The van der Waals surface area contributed by atoms with Gasteiger partial charge in [0.15, 0.2) is 0 Å². The van der Waals surface area contributed by atoms with Crippen molar-refractivity contribution in [2.75, 3.05) is 0 Å². The Kier molecular flexibility index (Phi) is 1.89. The van der Waals surface area contributed by atoms with E-state index in [4.69, 9.17) is 0 Å². The Bertz CT molecular complexity index is 202. The number of hydrogen-bond acceptors (Lipinski definition) is 2. The van der Waals surface area contributed by atoms with E-state index in [1.165, 1.54) is 0 Å². The van der Waals surface area contributed by atoms with Gasteiger partial charge in [-0.15, -0.1) is 0 Å². The van der Waals surface area contributed by atoms with Crippen LogP contribution in [0, 0.1) is 0 Å². The van der Waals surface area contributed by atoms with Gasteiger partial charge in [-0.1, -0.05) is 0 Å². The second-order valence-corrected chi connectivity index (χ2v) is 2.12. The van der Waals surface area contributed by atoms with Crippen molar-refractivity contribution in [3.8, 4) is 0 Å². The summed E-state index contributed by atoms with van der Waals surface area (Å²) in [4.78, 5) is 0. The molecule has 0 spiro atoms. The van der Waals surface area contributed by atoms with Crippen LogP contribution in [0.15, 0.2) is 12.5 Å². The van der Waals surface area contributed by atoms with Crippen molar-refractivity contribution in [1.29, 1.82) is 0 Å². The van der Waals surface area contributed by atoms with Crippen molar-refractivity contribution in [2.45, 2.75) is 18.1 Å². The second kappa shape index (κ2) is 2.46. The molecule has 0 aromatic rings. The van der Waals surface area contributed by atoms with Gasteiger partial charge >= 0.3 is 18.1 Å². The Morgan fingerprint density at radius 2 is 1.08 bits per heavy atom. The molecule has 8 heteroatoms. The van der Waals surface area contributed by atoms with Crippen molar-refractivity contribution < 1.29 is 35.8 Å². The van der Waals surface area contributed by atoms with Crippen LogP contribution in [0.4, 0.5) is 26.3 Å². The lowest BCUT2D eigenvalue weighted by Crippen LogP contribution is -2.57. The summed E-state index contributed by atoms with van der Waals surface area (Å²) in [7, 11) is 0. The highest BCUT2D eigenvalue weighted by Crippen LogP contribution is 2.48. The molecule has 0 saturated heterocycles. The van der Waals surface area contributed by atoms with E-state index in [2.05, 4.69) is 9.47 Å². The highest BCUT2D eigenvalue weighted by Gasteiger charge is 2.77. The Morgan fingerprint density at radius 3 is 1.23 bits per heavy atom. The van der Waals surface area contributed by atoms with E-state index in [1.54, 1.807) is 0 Å². The third-order valence-electron chi connectivity index (χ3n) is 1.27. The average Bonchev–Trinajstić information content (AvgIpc) is 2.28. The Balaban J connectivity index is 3.04. The van der Waals surface area contributed by atoms with E-state index in [-0.39, 0.29) is 12.5 Å². The molecule has 0 aromatic heterocycles. The number of halogens is 6. The van der Waals surface area contributed by atoms with Gasteiger partial charge < -0.3 is 9.47 Å². The van der Waals surface area contributed by atoms with E-state index in [9.17, 15) is 26.3 Å². The van der Waals surface area contributed by atoms with Gasteiger partial charge in [0.25, 0.3) is 0 Å². The summed E-state index contributed by atoms with van der Waals surface area (Å²) in [5, 5.41) is 0. The van der Waals surface area contributed by atoms with Crippen LogP contribution < -0.4 is 0 Å². The van der Waals surface area contributed by atoms with Crippen molar-refractivity contribution in [2.24, 2.45) is 0 Å². The molecule has 0 atom stereocenters. The van der Waals surface area contributed by atoms with Crippen LogP contribution in [0.2, 0.25) is 0 Å². The molecule has 0 radical (unpaired) electrons. The molecule has 0 bridgehead atoms. The predicted molar refractivity (Wildman–Crippen MR) is 26.2 cm³/mol. The van der Waals surface area contributed by atoms with Gasteiger partial charge in [0.1, 0.15) is 12.5 Å². The molecule has 0 aliphatic carbocycles. The van der Waals surface area contributed by atoms with Crippen molar-refractivity contribution in [3.63, 3.8) is 0 Å². The fourth-order valence-electron chi connectivity index (χ4n) is 0.703. The van der Waals surface area contributed by atoms with E-state index in [0.717, 1.165) is 0 Å². The maximum absolute atomic E-state index is 11.9. The zero-order valence-electron chi connectivity index (χ0n) is 5.74. The summed E-state index contributed by atoms with van der Waals surface area (Å²) >= 11 is 0. The molecule has 1 aliphatic rings. The zero-order chi connectivity index (χ0) is 10.3. The first-order chi connectivity index (χ1) is 5.71. The van der Waals surface area contributed by atoms with Gasteiger partial charge in [-0.25, -0.2) is 0 Å². The van der Waals surface area contributed by atoms with Crippen molar-refractivity contribution >= 4 is 0 Å². The van der Waals surface area contributed by atoms with Crippen LogP contribution >= 0.6 is 0 Å². The van der Waals surface area contributed by atoms with Crippen LogP contribution in [0.3, 0.4) is 0 Å². The molecule has 0 unspecified atom stereocenters. The molecule has 0 amide bonds. The van der Waals surface area contributed by atoms with Gasteiger partial charge in [-0.05, 0) is 0 Å². The molecule has 13 heavy (non-hydrogen) atoms. The lowest BCUT2D eigenvalue weighted by Gasteiger charge is -2.30. The normalized spacial score (nSPS) is 21.1. The topological polar surface area (TPSA) is 18.5 Å². The van der Waals surface area contributed by atoms with Crippen LogP contribution in [0.25, 0.3) is 0 Å². The summed E-state index contributed by atoms with van der Waals surface area (Å²) in [6, 6.07) is 0. The molecule has 1 aliphatic heterocycles. The predicted octanol–water partition coefficient (Wildman–Crippen LogP) is 2.33. The highest BCUT2D eigenvalue weighted by atomic mass is 19.4. The minimum absolute atomic E-state index is 0.195. The molecular formula is C5H2F6O2. The fourth-order valence-corrected chi connectivity index (χ4v) is 0.703. The Labute approximate surface area is 67.7 Å². The molecule has 1 heterocycles. The molecule has 0 aromatic carbocycles. The lowest BCUT2D eigenvalue weighted by molar-refractivity contribution is -0.434. The Morgan fingerprint density at radius 1 is 0.769 bits per heavy atom. The average molecular weight is 208 g/mol. The van der Waals surface area contributed by atoms with E-state index < -0.39 is 18.1 Å². The van der Waals surface area contributed by atoms with Crippen LogP contribution in [-0.4, -0.2) is 18.1 Å². The lowest BCUT2D eigenvalue weighted by atomic mass is 10.2. The summed E-state index contributed by atoms with van der Waals surface area (Å²) in [5.41, 5.74) is 0. The molecule has 0 saturated carbocycles. The molecule has 0 fully saturated rings. The molecule has 76 valence electrons. The highest BCUT2D eigenvalue weighted by molar-refractivity contribution is 4.95. The number of alkyl halides is 6. The zero-order valence-corrected chi connectivity index (χ0v) is 5.74. The summed E-state index contributed by atoms with van der Waals surface area (Å²) in [6.45, 7) is 0. The maximum Gasteiger partial charge on any atom is 0.478 e. The molecular weight excluding hydrogens is 206 g/mol. The minimum Gasteiger partial charge on any atom is -0.443 e. The molecule has 2 nitrogen and oxygen atoms in total. The first-order valence-electron chi connectivity index (χ1n) is 2.85. The number of rotatable bonds is 0. The SMILES string of the molecule is FC(F)(F)C1(C(F)(F)F)OC=CO1. The monoisotopic (exact) mass is 208 g/mol. The number of hydrogen-bond donors (Lipinski definition) is 0. The van der Waals surface area contributed by atoms with Crippen molar-refractivity contribution in [3.05, 3.63) is 12.5 Å². The third kappa shape index (κ3) is 1.29. The van der Waals surface area contributed by atoms with Gasteiger partial charge in [-0.2, -0.15) is 26.3 Å². The molecule has 0 N–H and O–H groups in total. The van der Waals surface area contributed by atoms with Crippen LogP contribution in [-0.2, 0) is 9.47 Å². The quantitative estimate of drug-likeness (QED) is 0.568. The minimum atomic E-state index is -5.67. The number of ether oxygens (including phenoxy) is 2. The first-order valence-corrected chi connectivity index (χ1v) is 2.85. The van der Waals surface area contributed by atoms with Gasteiger partial charge in [0.2, 0.25) is 0 Å². The van der Waals surface area contributed by atoms with E-state index >= 15 is 0 Å². The smallest absolute Gasteiger partial charge is 0.443 e. The summed E-state index contributed by atoms with van der Waals surface area (Å²) < 4.78 is 78.2. The summed E-state index contributed by atoms with van der Waals surface area (Å²) in [5.74, 6) is -4.54. The second-order valence-electron chi connectivity index (χ2n) is 2.12. The van der Waals surface area contributed by atoms with Gasteiger partial charge in [0, 0.05) is 0 Å². The maximum atomic E-state index is 11.9. The van der Waals surface area contributed by atoms with Crippen molar-refractivity contribution in [1.82, 2.24) is 0 Å². The Hall–Kier alpha value is -1.08. The van der Waals surface area contributed by atoms with E-state index in [0.29, 0.717) is 0 Å². The van der Waals surface area contributed by atoms with Crippen LogP contribution in [0.1, 0.15) is 0 Å².